The third kappa shape index (κ3) is 4.40. The highest BCUT2D eigenvalue weighted by Gasteiger charge is 2.24. The third-order valence-electron chi connectivity index (χ3n) is 4.27. The van der Waals surface area contributed by atoms with Gasteiger partial charge in [-0.1, -0.05) is 59.2 Å². The van der Waals surface area contributed by atoms with Gasteiger partial charge in [0.1, 0.15) is 17.0 Å². The summed E-state index contributed by atoms with van der Waals surface area (Å²) in [6.45, 7) is 3.52. The van der Waals surface area contributed by atoms with Crippen molar-refractivity contribution in [3.05, 3.63) is 76.0 Å². The number of nitrogens with one attached hydrogen (secondary N) is 1. The first kappa shape index (κ1) is 19.6. The molecule has 0 fully saturated rings. The van der Waals surface area contributed by atoms with Gasteiger partial charge in [0, 0.05) is 12.1 Å². The molecule has 3 rings (SSSR count). The number of ether oxygens (including phenoxy) is 1. The second-order valence-electron chi connectivity index (χ2n) is 6.22. The molecule has 3 aromatic rings. The molecular formula is C21H19ClN2O4. The predicted octanol–water partition coefficient (Wildman–Crippen LogP) is 4.09. The Morgan fingerprint density at radius 1 is 1.11 bits per heavy atom. The second-order valence-corrected chi connectivity index (χ2v) is 6.63. The van der Waals surface area contributed by atoms with Crippen LogP contribution in [0.15, 0.2) is 53.1 Å². The van der Waals surface area contributed by atoms with Gasteiger partial charge in [-0.2, -0.15) is 0 Å². The molecule has 2 aromatic carbocycles. The average molecular weight is 399 g/mol. The second kappa shape index (κ2) is 8.71. The fourth-order valence-corrected chi connectivity index (χ4v) is 2.93. The molecule has 1 aromatic heterocycles. The number of benzene rings is 2. The molecule has 0 aliphatic heterocycles. The van der Waals surface area contributed by atoms with Crippen LogP contribution in [-0.2, 0) is 16.1 Å². The van der Waals surface area contributed by atoms with Gasteiger partial charge in [-0.15, -0.1) is 0 Å². The summed E-state index contributed by atoms with van der Waals surface area (Å²) in [7, 11) is 0. The molecule has 1 amide bonds. The molecular weight excluding hydrogens is 380 g/mol. The first-order valence-corrected chi connectivity index (χ1v) is 9.04. The Bertz CT molecular complexity index is 1010. The molecule has 0 saturated heterocycles. The number of halogens is 1. The zero-order valence-electron chi connectivity index (χ0n) is 15.5. The molecule has 0 radical (unpaired) electrons. The fourth-order valence-electron chi connectivity index (χ4n) is 2.71. The summed E-state index contributed by atoms with van der Waals surface area (Å²) >= 11 is 6.19. The topological polar surface area (TPSA) is 81.4 Å². The van der Waals surface area contributed by atoms with Crippen LogP contribution in [0.5, 0.6) is 0 Å². The van der Waals surface area contributed by atoms with Crippen molar-refractivity contribution >= 4 is 23.5 Å². The minimum absolute atomic E-state index is 0.153. The number of aromatic nitrogens is 1. The van der Waals surface area contributed by atoms with Crippen molar-refractivity contribution < 1.29 is 18.8 Å². The zero-order valence-corrected chi connectivity index (χ0v) is 16.2. The number of rotatable bonds is 6. The Kier molecular flexibility index (Phi) is 6.11. The van der Waals surface area contributed by atoms with Gasteiger partial charge >= 0.3 is 5.97 Å². The molecule has 0 bridgehead atoms. The average Bonchev–Trinajstić information content (AvgIpc) is 3.07. The van der Waals surface area contributed by atoms with Crippen molar-refractivity contribution in [1.29, 1.82) is 0 Å². The van der Waals surface area contributed by atoms with E-state index in [0.29, 0.717) is 22.9 Å². The number of carbonyl (C=O) groups is 2. The number of hydrogen-bond acceptors (Lipinski definition) is 5. The largest absolute Gasteiger partial charge is 0.452 e. The molecule has 6 nitrogen and oxygen atoms in total. The number of carbonyl (C=O) groups excluding carboxylic acids is 2. The minimum Gasteiger partial charge on any atom is -0.452 e. The molecule has 0 atom stereocenters. The summed E-state index contributed by atoms with van der Waals surface area (Å²) in [5, 5.41) is 7.09. The van der Waals surface area contributed by atoms with Gasteiger partial charge in [-0.3, -0.25) is 4.79 Å². The van der Waals surface area contributed by atoms with Crippen LogP contribution in [0.1, 0.15) is 27.2 Å². The molecule has 0 aliphatic carbocycles. The Labute approximate surface area is 167 Å². The van der Waals surface area contributed by atoms with Crippen LogP contribution in [0.2, 0.25) is 5.02 Å². The van der Waals surface area contributed by atoms with E-state index in [0.717, 1.165) is 11.1 Å². The van der Waals surface area contributed by atoms with E-state index >= 15 is 0 Å². The SMILES string of the molecule is Cc1ccccc1CNC(=O)COC(=O)c1c(-c2ccccc2Cl)noc1C. The Morgan fingerprint density at radius 3 is 2.57 bits per heavy atom. The van der Waals surface area contributed by atoms with Crippen molar-refractivity contribution in [3.63, 3.8) is 0 Å². The number of hydrogen-bond donors (Lipinski definition) is 1. The highest BCUT2D eigenvalue weighted by Crippen LogP contribution is 2.31. The number of nitrogens with zero attached hydrogens (tertiary/aromatic N) is 1. The summed E-state index contributed by atoms with van der Waals surface area (Å²) in [4.78, 5) is 24.6. The van der Waals surface area contributed by atoms with Crippen LogP contribution in [0.3, 0.4) is 0 Å². The number of esters is 1. The van der Waals surface area contributed by atoms with Crippen molar-refractivity contribution in [2.45, 2.75) is 20.4 Å². The van der Waals surface area contributed by atoms with Crippen LogP contribution >= 0.6 is 11.6 Å². The first-order valence-electron chi connectivity index (χ1n) is 8.67. The zero-order chi connectivity index (χ0) is 20.1. The van der Waals surface area contributed by atoms with Gasteiger partial charge in [-0.25, -0.2) is 4.79 Å². The van der Waals surface area contributed by atoms with Crippen LogP contribution in [0.25, 0.3) is 11.3 Å². The monoisotopic (exact) mass is 398 g/mol. The van der Waals surface area contributed by atoms with Crippen molar-refractivity contribution in [3.8, 4) is 11.3 Å². The summed E-state index contributed by atoms with van der Waals surface area (Å²) in [5.74, 6) is -0.801. The van der Waals surface area contributed by atoms with E-state index in [1.165, 1.54) is 0 Å². The summed E-state index contributed by atoms with van der Waals surface area (Å²) < 4.78 is 10.3. The number of amides is 1. The lowest BCUT2D eigenvalue weighted by atomic mass is 10.1. The molecule has 1 heterocycles. The van der Waals surface area contributed by atoms with Crippen molar-refractivity contribution in [2.75, 3.05) is 6.61 Å². The summed E-state index contributed by atoms with van der Waals surface area (Å²) in [6.07, 6.45) is 0. The quantitative estimate of drug-likeness (QED) is 0.632. The molecule has 0 aliphatic rings. The Balaban J connectivity index is 1.64. The van der Waals surface area contributed by atoms with Crippen LogP contribution in [0.4, 0.5) is 0 Å². The molecule has 28 heavy (non-hydrogen) atoms. The molecule has 7 heteroatoms. The van der Waals surface area contributed by atoms with E-state index in [4.69, 9.17) is 20.9 Å². The van der Waals surface area contributed by atoms with Gasteiger partial charge < -0.3 is 14.6 Å². The summed E-state index contributed by atoms with van der Waals surface area (Å²) in [6, 6.07) is 14.7. The number of aryl methyl sites for hydroxylation is 2. The predicted molar refractivity (Wildman–Crippen MR) is 105 cm³/mol. The van der Waals surface area contributed by atoms with E-state index in [1.54, 1.807) is 31.2 Å². The van der Waals surface area contributed by atoms with Crippen molar-refractivity contribution in [1.82, 2.24) is 10.5 Å². The van der Waals surface area contributed by atoms with Crippen molar-refractivity contribution in [2.24, 2.45) is 0 Å². The lowest BCUT2D eigenvalue weighted by Gasteiger charge is -2.09. The maximum absolute atomic E-state index is 12.5. The van der Waals surface area contributed by atoms with Gasteiger partial charge in [0.25, 0.3) is 5.91 Å². The standard InChI is InChI=1S/C21H19ClN2O4/c1-13-7-3-4-8-15(13)11-23-18(25)12-27-21(26)19-14(2)28-24-20(19)16-9-5-6-10-17(16)22/h3-10H,11-12H2,1-2H3,(H,23,25). The maximum atomic E-state index is 12.5. The minimum atomic E-state index is -0.695. The van der Waals surface area contributed by atoms with Gasteiger partial charge in [0.15, 0.2) is 6.61 Å². The van der Waals surface area contributed by atoms with Crippen LogP contribution in [0, 0.1) is 13.8 Å². The van der Waals surface area contributed by atoms with Crippen LogP contribution < -0.4 is 5.32 Å². The van der Waals surface area contributed by atoms with E-state index in [2.05, 4.69) is 10.5 Å². The Morgan fingerprint density at radius 2 is 1.82 bits per heavy atom. The molecule has 144 valence electrons. The molecule has 1 N–H and O–H groups in total. The molecule has 0 saturated carbocycles. The lowest BCUT2D eigenvalue weighted by Crippen LogP contribution is -2.28. The molecule has 0 spiro atoms. The smallest absolute Gasteiger partial charge is 0.344 e. The Hall–Kier alpha value is -3.12. The highest BCUT2D eigenvalue weighted by atomic mass is 35.5. The lowest BCUT2D eigenvalue weighted by molar-refractivity contribution is -0.124. The summed E-state index contributed by atoms with van der Waals surface area (Å²) in [5.41, 5.74) is 3.06. The van der Waals surface area contributed by atoms with Gasteiger partial charge in [0.2, 0.25) is 0 Å². The van der Waals surface area contributed by atoms with E-state index in [1.807, 2.05) is 31.2 Å². The fraction of sp³-hybridized carbons (Fsp3) is 0.190. The maximum Gasteiger partial charge on any atom is 0.344 e. The van der Waals surface area contributed by atoms with Gasteiger partial charge in [-0.05, 0) is 31.0 Å². The van der Waals surface area contributed by atoms with Crippen LogP contribution in [-0.4, -0.2) is 23.6 Å². The third-order valence-corrected chi connectivity index (χ3v) is 4.60. The van der Waals surface area contributed by atoms with Gasteiger partial charge in [0.05, 0.1) is 5.02 Å². The normalized spacial score (nSPS) is 10.5. The van der Waals surface area contributed by atoms with E-state index < -0.39 is 18.5 Å². The molecule has 0 unspecified atom stereocenters. The highest BCUT2D eigenvalue weighted by molar-refractivity contribution is 6.33. The van der Waals surface area contributed by atoms with E-state index in [-0.39, 0.29) is 11.3 Å². The van der Waals surface area contributed by atoms with E-state index in [9.17, 15) is 9.59 Å². The first-order chi connectivity index (χ1) is 13.5.